The minimum Gasteiger partial charge on any atom is -0.355 e. The predicted octanol–water partition coefficient (Wildman–Crippen LogP) is 5.16. The summed E-state index contributed by atoms with van der Waals surface area (Å²) in [5.41, 5.74) is 5.41. The normalized spacial score (nSPS) is 13.2. The first-order valence-electron chi connectivity index (χ1n) is 11.8. The van der Waals surface area contributed by atoms with Crippen molar-refractivity contribution in [2.24, 2.45) is 0 Å². The van der Waals surface area contributed by atoms with Gasteiger partial charge in [0.05, 0.1) is 17.0 Å². The van der Waals surface area contributed by atoms with Gasteiger partial charge < -0.3 is 10.6 Å². The van der Waals surface area contributed by atoms with Crippen LogP contribution in [0.3, 0.4) is 0 Å². The van der Waals surface area contributed by atoms with E-state index >= 15 is 0 Å². The highest BCUT2D eigenvalue weighted by atomic mass is 32.1. The lowest BCUT2D eigenvalue weighted by atomic mass is 9.95. The third-order valence-electron chi connectivity index (χ3n) is 6.43. The molecule has 0 unspecified atom stereocenters. The number of thiophene rings is 1. The Morgan fingerprint density at radius 1 is 1.14 bits per heavy atom. The van der Waals surface area contributed by atoms with Gasteiger partial charge in [-0.2, -0.15) is 5.26 Å². The zero-order valence-electron chi connectivity index (χ0n) is 20.1. The van der Waals surface area contributed by atoms with E-state index in [0.29, 0.717) is 22.0 Å². The number of imidazole rings is 1. The summed E-state index contributed by atoms with van der Waals surface area (Å²) in [5, 5.41) is 16.0. The SMILES string of the molecule is CNC(=O)c1c(NC(=O)/C(C#N)=C/c2c(-c3ccccc3)nc3c(C)cccn23)sc2c1CCCC2. The van der Waals surface area contributed by atoms with E-state index in [9.17, 15) is 14.9 Å². The molecule has 2 N–H and O–H groups in total. The third-order valence-corrected chi connectivity index (χ3v) is 7.64. The van der Waals surface area contributed by atoms with Gasteiger partial charge in [0, 0.05) is 23.7 Å². The lowest BCUT2D eigenvalue weighted by molar-refractivity contribution is -0.112. The van der Waals surface area contributed by atoms with Crippen LogP contribution in [-0.2, 0) is 17.6 Å². The summed E-state index contributed by atoms with van der Waals surface area (Å²) in [6.45, 7) is 1.97. The highest BCUT2D eigenvalue weighted by Gasteiger charge is 2.27. The summed E-state index contributed by atoms with van der Waals surface area (Å²) < 4.78 is 1.89. The van der Waals surface area contributed by atoms with Crippen molar-refractivity contribution in [2.75, 3.05) is 12.4 Å². The highest BCUT2D eigenvalue weighted by molar-refractivity contribution is 7.17. The fourth-order valence-corrected chi connectivity index (χ4v) is 5.93. The van der Waals surface area contributed by atoms with Gasteiger partial charge in [0.15, 0.2) is 0 Å². The average Bonchev–Trinajstić information content (AvgIpc) is 3.46. The molecule has 7 nitrogen and oxygen atoms in total. The second kappa shape index (κ2) is 9.80. The maximum absolute atomic E-state index is 13.3. The van der Waals surface area contributed by atoms with Gasteiger partial charge in [-0.05, 0) is 55.9 Å². The molecule has 0 saturated carbocycles. The Morgan fingerprint density at radius 3 is 2.67 bits per heavy atom. The van der Waals surface area contributed by atoms with Crippen molar-refractivity contribution >= 4 is 39.9 Å². The van der Waals surface area contributed by atoms with E-state index in [4.69, 9.17) is 4.98 Å². The zero-order valence-corrected chi connectivity index (χ0v) is 20.9. The standard InChI is InChI=1S/C28H25N5O2S/c1-17-9-8-14-33-21(24(31-25(17)33)18-10-4-3-5-11-18)15-19(16-29)26(34)32-28-23(27(35)30-2)20-12-6-7-13-22(20)36-28/h3-5,8-11,14-15H,6-7,12-13H2,1-2H3,(H,30,35)(H,32,34)/b19-15+. The molecule has 8 heteroatoms. The monoisotopic (exact) mass is 495 g/mol. The van der Waals surface area contributed by atoms with E-state index in [1.165, 1.54) is 11.3 Å². The van der Waals surface area contributed by atoms with Crippen LogP contribution >= 0.6 is 11.3 Å². The topological polar surface area (TPSA) is 99.3 Å². The Balaban J connectivity index is 1.58. The summed E-state index contributed by atoms with van der Waals surface area (Å²) in [5.74, 6) is -0.779. The smallest absolute Gasteiger partial charge is 0.267 e. The van der Waals surface area contributed by atoms with Crippen LogP contribution in [0.4, 0.5) is 5.00 Å². The maximum atomic E-state index is 13.3. The molecule has 0 atom stereocenters. The molecule has 5 rings (SSSR count). The number of anilines is 1. The van der Waals surface area contributed by atoms with Crippen LogP contribution in [0.15, 0.2) is 54.2 Å². The van der Waals surface area contributed by atoms with E-state index in [1.54, 1.807) is 13.1 Å². The van der Waals surface area contributed by atoms with Crippen molar-refractivity contribution in [3.05, 3.63) is 81.5 Å². The second-order valence-electron chi connectivity index (χ2n) is 8.71. The molecular weight excluding hydrogens is 470 g/mol. The fraction of sp³-hybridized carbons (Fsp3) is 0.214. The number of aromatic nitrogens is 2. The Morgan fingerprint density at radius 2 is 1.92 bits per heavy atom. The zero-order chi connectivity index (χ0) is 25.2. The molecule has 2 amide bonds. The molecule has 36 heavy (non-hydrogen) atoms. The van der Waals surface area contributed by atoms with Crippen LogP contribution in [0.5, 0.6) is 0 Å². The number of rotatable bonds is 5. The number of pyridine rings is 1. The van der Waals surface area contributed by atoms with Crippen molar-refractivity contribution in [3.63, 3.8) is 0 Å². The van der Waals surface area contributed by atoms with E-state index in [0.717, 1.165) is 52.9 Å². The molecule has 1 aliphatic carbocycles. The second-order valence-corrected chi connectivity index (χ2v) is 9.82. The molecule has 0 radical (unpaired) electrons. The minimum absolute atomic E-state index is 0.0651. The van der Waals surface area contributed by atoms with E-state index < -0.39 is 5.91 Å². The van der Waals surface area contributed by atoms with Crippen LogP contribution in [0.1, 0.15) is 44.9 Å². The average molecular weight is 496 g/mol. The van der Waals surface area contributed by atoms with Crippen molar-refractivity contribution in [1.29, 1.82) is 5.26 Å². The minimum atomic E-state index is -0.553. The Bertz CT molecular complexity index is 1560. The first-order valence-corrected chi connectivity index (χ1v) is 12.7. The molecule has 0 saturated heterocycles. The van der Waals surface area contributed by atoms with Gasteiger partial charge in [-0.15, -0.1) is 11.3 Å². The molecule has 4 aromatic rings. The number of amides is 2. The number of nitriles is 1. The first-order chi connectivity index (χ1) is 17.5. The number of carbonyl (C=O) groups excluding carboxylic acids is 2. The Labute approximate surface area is 213 Å². The molecule has 3 heterocycles. The number of aryl methyl sites for hydroxylation is 2. The molecule has 1 aromatic carbocycles. The molecular formula is C28H25N5O2S. The van der Waals surface area contributed by atoms with Gasteiger partial charge in [-0.1, -0.05) is 36.4 Å². The molecule has 0 fully saturated rings. The maximum Gasteiger partial charge on any atom is 0.267 e. The van der Waals surface area contributed by atoms with Crippen LogP contribution in [0.25, 0.3) is 23.0 Å². The summed E-state index contributed by atoms with van der Waals surface area (Å²) in [7, 11) is 1.58. The first kappa shape index (κ1) is 23.5. The largest absolute Gasteiger partial charge is 0.355 e. The Kier molecular flexibility index (Phi) is 6.40. The van der Waals surface area contributed by atoms with Gasteiger partial charge in [0.25, 0.3) is 11.8 Å². The third kappa shape index (κ3) is 4.18. The summed E-state index contributed by atoms with van der Waals surface area (Å²) in [6, 6.07) is 15.6. The van der Waals surface area contributed by atoms with Crippen molar-refractivity contribution in [3.8, 4) is 17.3 Å². The number of carbonyl (C=O) groups is 2. The molecule has 0 aliphatic heterocycles. The summed E-state index contributed by atoms with van der Waals surface area (Å²) in [6.07, 6.45) is 7.23. The quantitative estimate of drug-likeness (QED) is 0.295. The molecule has 180 valence electrons. The molecule has 0 bridgehead atoms. The number of benzene rings is 1. The number of fused-ring (bicyclic) bond motifs is 2. The molecule has 3 aromatic heterocycles. The summed E-state index contributed by atoms with van der Waals surface area (Å²) in [4.78, 5) is 32.0. The lowest BCUT2D eigenvalue weighted by Crippen LogP contribution is -2.22. The molecule has 1 aliphatic rings. The van der Waals surface area contributed by atoms with Crippen molar-refractivity contribution in [1.82, 2.24) is 14.7 Å². The Hall–Kier alpha value is -4.22. The lowest BCUT2D eigenvalue weighted by Gasteiger charge is -2.12. The van der Waals surface area contributed by atoms with Crippen LogP contribution in [-0.4, -0.2) is 28.2 Å². The van der Waals surface area contributed by atoms with Crippen molar-refractivity contribution < 1.29 is 9.59 Å². The van der Waals surface area contributed by atoms with Gasteiger partial charge in [0.1, 0.15) is 22.3 Å². The number of nitrogens with one attached hydrogen (secondary N) is 2. The molecule has 0 spiro atoms. The highest BCUT2D eigenvalue weighted by Crippen LogP contribution is 2.38. The fourth-order valence-electron chi connectivity index (χ4n) is 4.64. The van der Waals surface area contributed by atoms with Gasteiger partial charge in [-0.3, -0.25) is 14.0 Å². The van der Waals surface area contributed by atoms with Crippen molar-refractivity contribution in [2.45, 2.75) is 32.6 Å². The van der Waals surface area contributed by atoms with Crippen LogP contribution < -0.4 is 10.6 Å². The summed E-state index contributed by atoms with van der Waals surface area (Å²) >= 11 is 1.43. The number of hydrogen-bond acceptors (Lipinski definition) is 5. The number of hydrogen-bond donors (Lipinski definition) is 2. The van der Waals surface area contributed by atoms with Gasteiger partial charge in [-0.25, -0.2) is 4.98 Å². The van der Waals surface area contributed by atoms with E-state index in [2.05, 4.69) is 16.7 Å². The van der Waals surface area contributed by atoms with Gasteiger partial charge >= 0.3 is 0 Å². The van der Waals surface area contributed by atoms with E-state index in [-0.39, 0.29) is 11.5 Å². The van der Waals surface area contributed by atoms with Crippen LogP contribution in [0, 0.1) is 18.3 Å². The number of nitrogens with zero attached hydrogens (tertiary/aromatic N) is 3. The predicted molar refractivity (Wildman–Crippen MR) is 142 cm³/mol. The van der Waals surface area contributed by atoms with Gasteiger partial charge in [0.2, 0.25) is 0 Å². The van der Waals surface area contributed by atoms with E-state index in [1.807, 2.05) is 60.0 Å². The van der Waals surface area contributed by atoms with Crippen LogP contribution in [0.2, 0.25) is 0 Å².